The fourth-order valence-electron chi connectivity index (χ4n) is 1.96. The van der Waals surface area contributed by atoms with E-state index in [1.807, 2.05) is 18.2 Å². The molecular weight excluding hydrogens is 333 g/mol. The number of carboxylic acid groups (broad SMARTS) is 1. The third-order valence-electron chi connectivity index (χ3n) is 2.92. The molecular formula is C15H12Cl3NO2. The van der Waals surface area contributed by atoms with Crippen molar-refractivity contribution in [1.29, 1.82) is 0 Å². The molecule has 0 unspecified atom stereocenters. The molecule has 0 aliphatic heterocycles. The summed E-state index contributed by atoms with van der Waals surface area (Å²) < 4.78 is 0. The van der Waals surface area contributed by atoms with Crippen LogP contribution in [-0.2, 0) is 17.8 Å². The zero-order valence-corrected chi connectivity index (χ0v) is 13.1. The van der Waals surface area contributed by atoms with E-state index in [1.165, 1.54) is 0 Å². The zero-order valence-electron chi connectivity index (χ0n) is 10.9. The molecule has 2 N–H and O–H groups in total. The highest BCUT2D eigenvalue weighted by Crippen LogP contribution is 2.34. The lowest BCUT2D eigenvalue weighted by Gasteiger charge is -2.13. The van der Waals surface area contributed by atoms with Gasteiger partial charge < -0.3 is 10.4 Å². The molecule has 3 nitrogen and oxygen atoms in total. The van der Waals surface area contributed by atoms with E-state index >= 15 is 0 Å². The molecule has 0 spiro atoms. The van der Waals surface area contributed by atoms with Gasteiger partial charge in [0.15, 0.2) is 0 Å². The van der Waals surface area contributed by atoms with Gasteiger partial charge in [-0.15, -0.1) is 0 Å². The third kappa shape index (κ3) is 4.27. The molecule has 21 heavy (non-hydrogen) atoms. The quantitative estimate of drug-likeness (QED) is 0.812. The van der Waals surface area contributed by atoms with Crippen LogP contribution in [0.4, 0.5) is 5.69 Å². The highest BCUT2D eigenvalue weighted by molar-refractivity contribution is 6.41. The molecule has 0 saturated carbocycles. The van der Waals surface area contributed by atoms with E-state index in [0.717, 1.165) is 11.1 Å². The fraction of sp³-hybridized carbons (Fsp3) is 0.133. The van der Waals surface area contributed by atoms with E-state index in [4.69, 9.17) is 39.9 Å². The molecule has 0 aliphatic carbocycles. The van der Waals surface area contributed by atoms with E-state index < -0.39 is 5.97 Å². The molecule has 0 heterocycles. The van der Waals surface area contributed by atoms with Crippen molar-refractivity contribution in [2.45, 2.75) is 13.0 Å². The molecule has 110 valence electrons. The second-order valence-electron chi connectivity index (χ2n) is 4.44. The molecule has 2 aromatic carbocycles. The largest absolute Gasteiger partial charge is 0.481 e. The van der Waals surface area contributed by atoms with Crippen LogP contribution in [0, 0.1) is 0 Å². The van der Waals surface area contributed by atoms with Gasteiger partial charge in [-0.2, -0.15) is 0 Å². The number of rotatable bonds is 5. The van der Waals surface area contributed by atoms with Gasteiger partial charge in [-0.3, -0.25) is 4.79 Å². The molecule has 0 aliphatic rings. The lowest BCUT2D eigenvalue weighted by molar-refractivity contribution is -0.136. The standard InChI is InChI=1S/C15H12Cl3NO2/c16-11-6-12(17)15(13(18)7-11)19-8-10-4-2-1-3-9(10)5-14(20)21/h1-4,6-7,19H,5,8H2,(H,20,21). The van der Waals surface area contributed by atoms with Gasteiger partial charge in [-0.05, 0) is 23.3 Å². The maximum Gasteiger partial charge on any atom is 0.307 e. The van der Waals surface area contributed by atoms with Gasteiger partial charge in [0.25, 0.3) is 0 Å². The Morgan fingerprint density at radius 2 is 1.62 bits per heavy atom. The Kier molecular flexibility index (Phi) is 5.34. The Balaban J connectivity index is 2.19. The Bertz CT molecular complexity index is 651. The number of halogens is 3. The van der Waals surface area contributed by atoms with Crippen LogP contribution in [0.1, 0.15) is 11.1 Å². The van der Waals surface area contributed by atoms with Crippen LogP contribution in [0.5, 0.6) is 0 Å². The lowest BCUT2D eigenvalue weighted by Crippen LogP contribution is -2.07. The fourth-order valence-corrected chi connectivity index (χ4v) is 2.91. The van der Waals surface area contributed by atoms with Gasteiger partial charge in [0.1, 0.15) is 0 Å². The normalized spacial score (nSPS) is 10.4. The molecule has 0 aromatic heterocycles. The predicted molar refractivity (Wildman–Crippen MR) is 86.6 cm³/mol. The molecule has 0 bridgehead atoms. The SMILES string of the molecule is O=C(O)Cc1ccccc1CNc1c(Cl)cc(Cl)cc1Cl. The minimum Gasteiger partial charge on any atom is -0.481 e. The predicted octanol–water partition coefficient (Wildman–Crippen LogP) is 4.89. The summed E-state index contributed by atoms with van der Waals surface area (Å²) in [7, 11) is 0. The first kappa shape index (κ1) is 16.0. The number of aliphatic carboxylic acids is 1. The first-order valence-corrected chi connectivity index (χ1v) is 7.27. The van der Waals surface area contributed by atoms with Gasteiger partial charge in [0.2, 0.25) is 0 Å². The Labute approximate surface area is 137 Å². The maximum atomic E-state index is 10.9. The van der Waals surface area contributed by atoms with E-state index in [2.05, 4.69) is 5.32 Å². The Morgan fingerprint density at radius 1 is 1.05 bits per heavy atom. The number of hydrogen-bond acceptors (Lipinski definition) is 2. The highest BCUT2D eigenvalue weighted by atomic mass is 35.5. The van der Waals surface area contributed by atoms with E-state index in [9.17, 15) is 4.79 Å². The second-order valence-corrected chi connectivity index (χ2v) is 5.69. The van der Waals surface area contributed by atoms with Crippen molar-refractivity contribution in [3.63, 3.8) is 0 Å². The van der Waals surface area contributed by atoms with Crippen LogP contribution in [0.25, 0.3) is 0 Å². The molecule has 0 saturated heterocycles. The van der Waals surface area contributed by atoms with Crippen LogP contribution in [0.2, 0.25) is 15.1 Å². The number of anilines is 1. The van der Waals surface area contributed by atoms with Gasteiger partial charge in [-0.1, -0.05) is 59.1 Å². The molecule has 6 heteroatoms. The van der Waals surface area contributed by atoms with E-state index in [-0.39, 0.29) is 6.42 Å². The molecule has 2 rings (SSSR count). The van der Waals surface area contributed by atoms with Gasteiger partial charge in [-0.25, -0.2) is 0 Å². The van der Waals surface area contributed by atoms with Crippen molar-refractivity contribution in [3.8, 4) is 0 Å². The number of benzene rings is 2. The van der Waals surface area contributed by atoms with Crippen molar-refractivity contribution in [3.05, 3.63) is 62.6 Å². The van der Waals surface area contributed by atoms with Crippen LogP contribution in [0.3, 0.4) is 0 Å². The number of nitrogens with one attached hydrogen (secondary N) is 1. The number of carboxylic acids is 1. The minimum absolute atomic E-state index is 0.0278. The van der Waals surface area contributed by atoms with Gasteiger partial charge >= 0.3 is 5.97 Å². The summed E-state index contributed by atoms with van der Waals surface area (Å²) in [5.74, 6) is -0.870. The first-order valence-electron chi connectivity index (χ1n) is 6.14. The summed E-state index contributed by atoms with van der Waals surface area (Å²) in [6, 6.07) is 10.5. The maximum absolute atomic E-state index is 10.9. The average Bonchev–Trinajstić information content (AvgIpc) is 2.38. The molecule has 0 radical (unpaired) electrons. The summed E-state index contributed by atoms with van der Waals surface area (Å²) in [6.07, 6.45) is -0.0278. The topological polar surface area (TPSA) is 49.3 Å². The van der Waals surface area contributed by atoms with Crippen LogP contribution in [0.15, 0.2) is 36.4 Å². The molecule has 2 aromatic rings. The second kappa shape index (κ2) is 7.03. The Morgan fingerprint density at radius 3 is 2.19 bits per heavy atom. The molecule has 0 atom stereocenters. The average molecular weight is 345 g/mol. The number of carbonyl (C=O) groups is 1. The molecule has 0 amide bonds. The smallest absolute Gasteiger partial charge is 0.307 e. The third-order valence-corrected chi connectivity index (χ3v) is 3.74. The summed E-state index contributed by atoms with van der Waals surface area (Å²) in [6.45, 7) is 0.421. The van der Waals surface area contributed by atoms with Crippen LogP contribution >= 0.6 is 34.8 Å². The van der Waals surface area contributed by atoms with Crippen molar-refractivity contribution in [2.75, 3.05) is 5.32 Å². The van der Waals surface area contributed by atoms with Crippen molar-refractivity contribution in [1.82, 2.24) is 0 Å². The van der Waals surface area contributed by atoms with Gasteiger partial charge in [0, 0.05) is 11.6 Å². The summed E-state index contributed by atoms with van der Waals surface area (Å²) in [5.41, 5.74) is 2.20. The first-order chi connectivity index (χ1) is 9.97. The van der Waals surface area contributed by atoms with Crippen molar-refractivity contribution >= 4 is 46.5 Å². The van der Waals surface area contributed by atoms with Gasteiger partial charge in [0.05, 0.1) is 22.2 Å². The Hall–Kier alpha value is -1.42. The van der Waals surface area contributed by atoms with E-state index in [0.29, 0.717) is 27.3 Å². The van der Waals surface area contributed by atoms with Crippen LogP contribution < -0.4 is 5.32 Å². The van der Waals surface area contributed by atoms with Crippen LogP contribution in [-0.4, -0.2) is 11.1 Å². The van der Waals surface area contributed by atoms with E-state index in [1.54, 1.807) is 18.2 Å². The summed E-state index contributed by atoms with van der Waals surface area (Å²) in [4.78, 5) is 10.9. The van der Waals surface area contributed by atoms with Crippen molar-refractivity contribution < 1.29 is 9.90 Å². The monoisotopic (exact) mass is 343 g/mol. The zero-order chi connectivity index (χ0) is 15.4. The minimum atomic E-state index is -0.870. The highest BCUT2D eigenvalue weighted by Gasteiger charge is 2.10. The molecule has 0 fully saturated rings. The summed E-state index contributed by atoms with van der Waals surface area (Å²) in [5, 5.41) is 13.3. The summed E-state index contributed by atoms with van der Waals surface area (Å²) >= 11 is 18.1. The lowest BCUT2D eigenvalue weighted by atomic mass is 10.0. The number of hydrogen-bond donors (Lipinski definition) is 2. The van der Waals surface area contributed by atoms with Crippen molar-refractivity contribution in [2.24, 2.45) is 0 Å².